The summed E-state index contributed by atoms with van der Waals surface area (Å²) in [6, 6.07) is 12.5. The highest BCUT2D eigenvalue weighted by atomic mass is 32.2. The van der Waals surface area contributed by atoms with Crippen LogP contribution in [0.1, 0.15) is 28.8 Å². The van der Waals surface area contributed by atoms with Gasteiger partial charge in [-0.3, -0.25) is 4.79 Å². The molecule has 0 spiro atoms. The monoisotopic (exact) mass is 460 g/mol. The number of nitrogens with zero attached hydrogens (tertiary/aromatic N) is 2. The van der Waals surface area contributed by atoms with E-state index in [-0.39, 0.29) is 16.6 Å². The maximum atomic E-state index is 13.4. The third-order valence-corrected chi connectivity index (χ3v) is 8.87. The van der Waals surface area contributed by atoms with E-state index in [1.54, 1.807) is 12.1 Å². The maximum Gasteiger partial charge on any atom is 0.258 e. The molecule has 1 fully saturated rings. The molecule has 2 heterocycles. The molecular formula is C22H24N2O5S2. The Morgan fingerprint density at radius 3 is 2.16 bits per heavy atom. The van der Waals surface area contributed by atoms with E-state index in [0.29, 0.717) is 24.3 Å². The smallest absolute Gasteiger partial charge is 0.258 e. The third-order valence-electron chi connectivity index (χ3n) is 5.58. The molecule has 0 N–H and O–H groups in total. The summed E-state index contributed by atoms with van der Waals surface area (Å²) in [5.41, 5.74) is 1.89. The summed E-state index contributed by atoms with van der Waals surface area (Å²) >= 11 is 0. The molecule has 164 valence electrons. The van der Waals surface area contributed by atoms with Crippen LogP contribution in [0.3, 0.4) is 0 Å². The molecule has 2 aromatic rings. The first-order valence-electron chi connectivity index (χ1n) is 10.1. The molecule has 2 aliphatic heterocycles. The van der Waals surface area contributed by atoms with Crippen LogP contribution in [0.4, 0.5) is 5.69 Å². The SMILES string of the molecule is Cc1ccc(N(C(=O)c2ccc(S(=O)(=O)N3CCCC3)cc2)[C@H]2C=CS(=O)(=O)C2)cc1. The highest BCUT2D eigenvalue weighted by Crippen LogP contribution is 2.27. The number of rotatable bonds is 5. The van der Waals surface area contributed by atoms with Gasteiger partial charge in [0.25, 0.3) is 5.91 Å². The lowest BCUT2D eigenvalue weighted by Crippen LogP contribution is -2.41. The normalized spacial score (nSPS) is 20.7. The van der Waals surface area contributed by atoms with E-state index in [2.05, 4.69) is 0 Å². The molecule has 0 radical (unpaired) electrons. The van der Waals surface area contributed by atoms with Crippen LogP contribution in [0.15, 0.2) is 64.9 Å². The molecule has 0 aromatic heterocycles. The molecule has 4 rings (SSSR count). The van der Waals surface area contributed by atoms with Gasteiger partial charge in [-0.2, -0.15) is 4.31 Å². The van der Waals surface area contributed by atoms with E-state index in [0.717, 1.165) is 23.8 Å². The van der Waals surface area contributed by atoms with E-state index in [4.69, 9.17) is 0 Å². The minimum atomic E-state index is -3.57. The molecular weight excluding hydrogens is 436 g/mol. The molecule has 0 saturated carbocycles. The molecule has 2 aromatic carbocycles. The molecule has 1 saturated heterocycles. The van der Waals surface area contributed by atoms with Crippen molar-refractivity contribution in [3.63, 3.8) is 0 Å². The highest BCUT2D eigenvalue weighted by Gasteiger charge is 2.32. The van der Waals surface area contributed by atoms with Gasteiger partial charge in [0.1, 0.15) is 0 Å². The number of anilines is 1. The number of amides is 1. The number of hydrogen-bond acceptors (Lipinski definition) is 5. The summed E-state index contributed by atoms with van der Waals surface area (Å²) in [5.74, 6) is -0.575. The van der Waals surface area contributed by atoms with Gasteiger partial charge in [-0.1, -0.05) is 17.7 Å². The molecule has 31 heavy (non-hydrogen) atoms. The molecule has 0 unspecified atom stereocenters. The van der Waals surface area contributed by atoms with Crippen LogP contribution in [-0.2, 0) is 19.9 Å². The fraction of sp³-hybridized carbons (Fsp3) is 0.318. The van der Waals surface area contributed by atoms with Crippen molar-refractivity contribution in [1.29, 1.82) is 0 Å². The van der Waals surface area contributed by atoms with Gasteiger partial charge in [0.15, 0.2) is 9.84 Å². The van der Waals surface area contributed by atoms with Crippen LogP contribution in [-0.4, -0.2) is 51.9 Å². The summed E-state index contributed by atoms with van der Waals surface area (Å²) in [5, 5.41) is 1.14. The lowest BCUT2D eigenvalue weighted by Gasteiger charge is -2.28. The van der Waals surface area contributed by atoms with E-state index < -0.39 is 25.9 Å². The molecule has 1 amide bonds. The molecule has 1 atom stereocenters. The van der Waals surface area contributed by atoms with Crippen LogP contribution < -0.4 is 4.90 Å². The van der Waals surface area contributed by atoms with E-state index in [9.17, 15) is 21.6 Å². The van der Waals surface area contributed by atoms with Gasteiger partial charge in [0, 0.05) is 29.7 Å². The van der Waals surface area contributed by atoms with Crippen molar-refractivity contribution in [3.8, 4) is 0 Å². The Kier molecular flexibility index (Phi) is 5.76. The van der Waals surface area contributed by atoms with Crippen LogP contribution >= 0.6 is 0 Å². The first-order valence-corrected chi connectivity index (χ1v) is 13.2. The third kappa shape index (κ3) is 4.44. The Morgan fingerprint density at radius 2 is 1.61 bits per heavy atom. The Hall–Kier alpha value is -2.49. The van der Waals surface area contributed by atoms with Gasteiger partial charge in [-0.25, -0.2) is 16.8 Å². The zero-order valence-corrected chi connectivity index (χ0v) is 18.8. The van der Waals surface area contributed by atoms with E-state index in [1.807, 2.05) is 19.1 Å². The largest absolute Gasteiger partial charge is 0.300 e. The topological polar surface area (TPSA) is 91.8 Å². The number of carbonyl (C=O) groups is 1. The highest BCUT2D eigenvalue weighted by molar-refractivity contribution is 7.94. The summed E-state index contributed by atoms with van der Waals surface area (Å²) in [6.07, 6.45) is 3.21. The Labute approximate surface area is 183 Å². The summed E-state index contributed by atoms with van der Waals surface area (Å²) in [7, 11) is -6.94. The van der Waals surface area contributed by atoms with Crippen molar-refractivity contribution in [2.45, 2.75) is 30.7 Å². The zero-order chi connectivity index (χ0) is 22.2. The predicted molar refractivity (Wildman–Crippen MR) is 119 cm³/mol. The second kappa shape index (κ2) is 8.22. The van der Waals surface area contributed by atoms with Gasteiger partial charge in [-0.15, -0.1) is 0 Å². The second-order valence-corrected chi connectivity index (χ2v) is 11.7. The number of benzene rings is 2. The number of sulfonamides is 1. The lowest BCUT2D eigenvalue weighted by atomic mass is 10.1. The maximum absolute atomic E-state index is 13.4. The number of carbonyl (C=O) groups excluding carboxylic acids is 1. The van der Waals surface area contributed by atoms with Gasteiger partial charge in [-0.05, 0) is 62.2 Å². The summed E-state index contributed by atoms with van der Waals surface area (Å²) in [6.45, 7) is 2.94. The van der Waals surface area contributed by atoms with Crippen molar-refractivity contribution in [1.82, 2.24) is 4.31 Å². The fourth-order valence-electron chi connectivity index (χ4n) is 3.87. The molecule has 7 nitrogen and oxygen atoms in total. The van der Waals surface area contributed by atoms with Crippen molar-refractivity contribution >= 4 is 31.5 Å². The second-order valence-electron chi connectivity index (χ2n) is 7.87. The predicted octanol–water partition coefficient (Wildman–Crippen LogP) is 2.74. The summed E-state index contributed by atoms with van der Waals surface area (Å²) < 4.78 is 50.9. The van der Waals surface area contributed by atoms with Crippen molar-refractivity contribution in [2.75, 3.05) is 23.7 Å². The zero-order valence-electron chi connectivity index (χ0n) is 17.1. The van der Waals surface area contributed by atoms with Gasteiger partial charge in [0.2, 0.25) is 10.0 Å². The molecule has 9 heteroatoms. The number of sulfone groups is 1. The average molecular weight is 461 g/mol. The molecule has 0 aliphatic carbocycles. The number of aryl methyl sites for hydroxylation is 1. The van der Waals surface area contributed by atoms with E-state index >= 15 is 0 Å². The lowest BCUT2D eigenvalue weighted by molar-refractivity contribution is 0.0983. The van der Waals surface area contributed by atoms with Crippen LogP contribution in [0.25, 0.3) is 0 Å². The first kappa shape index (κ1) is 21.7. The number of hydrogen-bond donors (Lipinski definition) is 0. The van der Waals surface area contributed by atoms with Crippen molar-refractivity contribution in [2.24, 2.45) is 0 Å². The van der Waals surface area contributed by atoms with Crippen LogP contribution in [0.2, 0.25) is 0 Å². The standard InChI is InChI=1S/C22H24N2O5S2/c1-17-4-8-19(9-5-17)24(20-12-15-30(26,27)16-20)22(25)18-6-10-21(11-7-18)31(28,29)23-13-2-3-14-23/h4-12,15,20H,2-3,13-14,16H2,1H3/t20-/m0/s1. The summed E-state index contributed by atoms with van der Waals surface area (Å²) in [4.78, 5) is 15.0. The van der Waals surface area contributed by atoms with Gasteiger partial charge < -0.3 is 4.90 Å². The Bertz CT molecular complexity index is 1210. The van der Waals surface area contributed by atoms with Gasteiger partial charge >= 0.3 is 0 Å². The average Bonchev–Trinajstić information content (AvgIpc) is 3.40. The first-order chi connectivity index (χ1) is 14.7. The molecule has 2 aliphatic rings. The van der Waals surface area contributed by atoms with Crippen molar-refractivity contribution in [3.05, 3.63) is 71.1 Å². The fourth-order valence-corrected chi connectivity index (χ4v) is 6.66. The van der Waals surface area contributed by atoms with Crippen molar-refractivity contribution < 1.29 is 21.6 Å². The minimum absolute atomic E-state index is 0.149. The quantitative estimate of drug-likeness (QED) is 0.684. The Morgan fingerprint density at radius 1 is 1.00 bits per heavy atom. The van der Waals surface area contributed by atoms with E-state index in [1.165, 1.54) is 39.5 Å². The minimum Gasteiger partial charge on any atom is -0.300 e. The Balaban J connectivity index is 1.65. The van der Waals surface area contributed by atoms with Crippen LogP contribution in [0.5, 0.6) is 0 Å². The molecule has 0 bridgehead atoms. The van der Waals surface area contributed by atoms with Crippen LogP contribution in [0, 0.1) is 6.92 Å². The van der Waals surface area contributed by atoms with Gasteiger partial charge in [0.05, 0.1) is 16.7 Å².